The first kappa shape index (κ1) is 14.6. The lowest BCUT2D eigenvalue weighted by Gasteiger charge is -2.13. The van der Waals surface area contributed by atoms with Crippen molar-refractivity contribution in [3.8, 4) is 0 Å². The monoisotopic (exact) mass is 293 g/mol. The zero-order valence-corrected chi connectivity index (χ0v) is 13.0. The van der Waals surface area contributed by atoms with Crippen molar-refractivity contribution < 1.29 is 0 Å². The van der Waals surface area contributed by atoms with Crippen LogP contribution in [0.25, 0.3) is 0 Å². The lowest BCUT2D eigenvalue weighted by Crippen LogP contribution is -2.27. The first-order valence-electron chi connectivity index (χ1n) is 6.72. The molecule has 0 fully saturated rings. The Hall–Kier alpha value is -0.830. The standard InChI is InChI=1S/C16H20ClNS/c1-3-15-7-8-16(19-15)11-18-12(2)9-13-5-4-6-14(17)10-13/h4-8,10,12,18H,3,9,11H2,1-2H3. The van der Waals surface area contributed by atoms with Gasteiger partial charge in [0, 0.05) is 27.4 Å². The molecule has 1 aromatic heterocycles. The molecule has 0 aliphatic rings. The van der Waals surface area contributed by atoms with Crippen LogP contribution in [0.2, 0.25) is 5.02 Å². The number of nitrogens with one attached hydrogen (secondary N) is 1. The third kappa shape index (κ3) is 4.64. The van der Waals surface area contributed by atoms with Crippen LogP contribution in [0.4, 0.5) is 0 Å². The second-order valence-electron chi connectivity index (χ2n) is 4.84. The molecule has 1 N–H and O–H groups in total. The minimum absolute atomic E-state index is 0.450. The fourth-order valence-corrected chi connectivity index (χ4v) is 3.19. The van der Waals surface area contributed by atoms with Crippen LogP contribution in [0.3, 0.4) is 0 Å². The van der Waals surface area contributed by atoms with E-state index < -0.39 is 0 Å². The zero-order chi connectivity index (χ0) is 13.7. The third-order valence-electron chi connectivity index (χ3n) is 3.12. The molecule has 0 spiro atoms. The van der Waals surface area contributed by atoms with Gasteiger partial charge < -0.3 is 5.32 Å². The van der Waals surface area contributed by atoms with E-state index in [1.807, 2.05) is 29.5 Å². The summed E-state index contributed by atoms with van der Waals surface area (Å²) in [5, 5.41) is 4.39. The number of halogens is 1. The van der Waals surface area contributed by atoms with Gasteiger partial charge in [0.2, 0.25) is 0 Å². The average Bonchev–Trinajstić information content (AvgIpc) is 2.84. The maximum absolute atomic E-state index is 6.00. The molecule has 0 aliphatic heterocycles. The highest BCUT2D eigenvalue weighted by Crippen LogP contribution is 2.17. The SMILES string of the molecule is CCc1ccc(CNC(C)Cc2cccc(Cl)c2)s1. The van der Waals surface area contributed by atoms with Crippen LogP contribution in [0.1, 0.15) is 29.2 Å². The van der Waals surface area contributed by atoms with Gasteiger partial charge >= 0.3 is 0 Å². The van der Waals surface area contributed by atoms with E-state index in [0.29, 0.717) is 6.04 Å². The van der Waals surface area contributed by atoms with Crippen LogP contribution in [0.15, 0.2) is 36.4 Å². The van der Waals surface area contributed by atoms with Crippen molar-refractivity contribution in [2.45, 2.75) is 39.3 Å². The highest BCUT2D eigenvalue weighted by Gasteiger charge is 2.05. The molecule has 1 nitrogen and oxygen atoms in total. The molecular formula is C16H20ClNS. The summed E-state index contributed by atoms with van der Waals surface area (Å²) in [5.74, 6) is 0. The molecule has 0 bridgehead atoms. The third-order valence-corrected chi connectivity index (χ3v) is 4.59. The molecule has 1 atom stereocenters. The Morgan fingerprint density at radius 1 is 1.21 bits per heavy atom. The van der Waals surface area contributed by atoms with E-state index in [9.17, 15) is 0 Å². The first-order valence-corrected chi connectivity index (χ1v) is 7.92. The average molecular weight is 294 g/mol. The van der Waals surface area contributed by atoms with Crippen LogP contribution >= 0.6 is 22.9 Å². The summed E-state index contributed by atoms with van der Waals surface area (Å²) in [6, 6.07) is 13.0. The second kappa shape index (κ2) is 7.09. The van der Waals surface area contributed by atoms with Gasteiger partial charge in [-0.25, -0.2) is 0 Å². The molecule has 1 unspecified atom stereocenters. The van der Waals surface area contributed by atoms with E-state index in [4.69, 9.17) is 11.6 Å². The number of hydrogen-bond donors (Lipinski definition) is 1. The van der Waals surface area contributed by atoms with Gasteiger partial charge in [-0.2, -0.15) is 0 Å². The summed E-state index contributed by atoms with van der Waals surface area (Å²) in [5.41, 5.74) is 1.29. The lowest BCUT2D eigenvalue weighted by molar-refractivity contribution is 0.549. The largest absolute Gasteiger partial charge is 0.309 e. The molecule has 1 heterocycles. The zero-order valence-electron chi connectivity index (χ0n) is 11.4. The summed E-state index contributed by atoms with van der Waals surface area (Å²) in [6.45, 7) is 5.37. The van der Waals surface area contributed by atoms with Gasteiger partial charge in [0.15, 0.2) is 0 Å². The van der Waals surface area contributed by atoms with E-state index in [-0.39, 0.29) is 0 Å². The summed E-state index contributed by atoms with van der Waals surface area (Å²) in [6.07, 6.45) is 2.13. The van der Waals surface area contributed by atoms with Gasteiger partial charge in [-0.3, -0.25) is 0 Å². The highest BCUT2D eigenvalue weighted by atomic mass is 35.5. The van der Waals surface area contributed by atoms with Crippen molar-refractivity contribution in [2.75, 3.05) is 0 Å². The van der Waals surface area contributed by atoms with E-state index in [0.717, 1.165) is 24.4 Å². The van der Waals surface area contributed by atoms with E-state index in [1.54, 1.807) is 0 Å². The minimum atomic E-state index is 0.450. The van der Waals surface area contributed by atoms with E-state index in [2.05, 4.69) is 37.4 Å². The summed E-state index contributed by atoms with van der Waals surface area (Å²) < 4.78 is 0. The topological polar surface area (TPSA) is 12.0 Å². The van der Waals surface area contributed by atoms with E-state index in [1.165, 1.54) is 15.3 Å². The normalized spacial score (nSPS) is 12.6. The molecule has 0 amide bonds. The maximum atomic E-state index is 6.00. The second-order valence-corrected chi connectivity index (χ2v) is 6.53. The summed E-state index contributed by atoms with van der Waals surface area (Å²) >= 11 is 7.90. The van der Waals surface area contributed by atoms with Crippen LogP contribution in [-0.4, -0.2) is 6.04 Å². The lowest BCUT2D eigenvalue weighted by atomic mass is 10.1. The Labute approximate surface area is 124 Å². The van der Waals surface area contributed by atoms with Crippen molar-refractivity contribution in [1.29, 1.82) is 0 Å². The summed E-state index contributed by atoms with van der Waals surface area (Å²) in [7, 11) is 0. The number of aryl methyl sites for hydroxylation is 1. The van der Waals surface area contributed by atoms with Gasteiger partial charge in [0.05, 0.1) is 0 Å². The number of rotatable bonds is 6. The molecule has 2 rings (SSSR count). The molecule has 0 saturated carbocycles. The molecular weight excluding hydrogens is 274 g/mol. The van der Waals surface area contributed by atoms with E-state index >= 15 is 0 Å². The summed E-state index contributed by atoms with van der Waals surface area (Å²) in [4.78, 5) is 2.87. The Kier molecular flexibility index (Phi) is 5.44. The van der Waals surface area contributed by atoms with Crippen LogP contribution in [0.5, 0.6) is 0 Å². The van der Waals surface area contributed by atoms with Crippen molar-refractivity contribution in [2.24, 2.45) is 0 Å². The smallest absolute Gasteiger partial charge is 0.0408 e. The quantitative estimate of drug-likeness (QED) is 0.815. The Balaban J connectivity index is 1.82. The number of hydrogen-bond acceptors (Lipinski definition) is 2. The van der Waals surface area contributed by atoms with Crippen LogP contribution < -0.4 is 5.32 Å². The first-order chi connectivity index (χ1) is 9.17. The minimum Gasteiger partial charge on any atom is -0.309 e. The molecule has 19 heavy (non-hydrogen) atoms. The predicted octanol–water partition coefficient (Wildman–Crippen LogP) is 4.68. The molecule has 0 aliphatic carbocycles. The van der Waals surface area contributed by atoms with Crippen LogP contribution in [-0.2, 0) is 19.4 Å². The van der Waals surface area contributed by atoms with Crippen molar-refractivity contribution in [1.82, 2.24) is 5.32 Å². The van der Waals surface area contributed by atoms with Crippen molar-refractivity contribution in [3.63, 3.8) is 0 Å². The van der Waals surface area contributed by atoms with Crippen molar-refractivity contribution >= 4 is 22.9 Å². The molecule has 0 saturated heterocycles. The fourth-order valence-electron chi connectivity index (χ4n) is 2.07. The van der Waals surface area contributed by atoms with Crippen LogP contribution in [0, 0.1) is 0 Å². The molecule has 102 valence electrons. The van der Waals surface area contributed by atoms with Gasteiger partial charge in [0.25, 0.3) is 0 Å². The Bertz CT molecular complexity index is 521. The number of benzene rings is 1. The van der Waals surface area contributed by atoms with Gasteiger partial charge in [-0.15, -0.1) is 11.3 Å². The number of thiophene rings is 1. The Morgan fingerprint density at radius 2 is 2.00 bits per heavy atom. The Morgan fingerprint density at radius 3 is 2.68 bits per heavy atom. The van der Waals surface area contributed by atoms with Gasteiger partial charge in [0.1, 0.15) is 0 Å². The highest BCUT2D eigenvalue weighted by molar-refractivity contribution is 7.11. The van der Waals surface area contributed by atoms with Gasteiger partial charge in [-0.05, 0) is 49.6 Å². The molecule has 0 radical (unpaired) electrons. The maximum Gasteiger partial charge on any atom is 0.0408 e. The fraction of sp³-hybridized carbons (Fsp3) is 0.375. The molecule has 1 aromatic carbocycles. The molecule has 3 heteroatoms. The predicted molar refractivity (Wildman–Crippen MR) is 85.2 cm³/mol. The van der Waals surface area contributed by atoms with Gasteiger partial charge in [-0.1, -0.05) is 30.7 Å². The molecule has 2 aromatic rings. The van der Waals surface area contributed by atoms with Crippen molar-refractivity contribution in [3.05, 3.63) is 56.7 Å².